The number of benzene rings is 3. The third kappa shape index (κ3) is 4.74. The Morgan fingerprint density at radius 2 is 1.49 bits per heavy atom. The first-order valence-electron chi connectivity index (χ1n) is 12.2. The first kappa shape index (κ1) is 24.4. The van der Waals surface area contributed by atoms with Crippen molar-refractivity contribution in [1.29, 1.82) is 0 Å². The van der Waals surface area contributed by atoms with Crippen molar-refractivity contribution in [1.82, 2.24) is 15.5 Å². The fourth-order valence-corrected chi connectivity index (χ4v) is 5.15. The van der Waals surface area contributed by atoms with Gasteiger partial charge in [0, 0.05) is 6.42 Å². The second-order valence-corrected chi connectivity index (χ2v) is 9.40. The molecule has 37 heavy (non-hydrogen) atoms. The van der Waals surface area contributed by atoms with Gasteiger partial charge in [-0.25, -0.2) is 4.79 Å². The number of rotatable bonds is 7. The van der Waals surface area contributed by atoms with E-state index in [4.69, 9.17) is 9.47 Å². The van der Waals surface area contributed by atoms with Crippen molar-refractivity contribution >= 4 is 17.8 Å². The van der Waals surface area contributed by atoms with Gasteiger partial charge in [0.15, 0.2) is 0 Å². The molecule has 1 atom stereocenters. The van der Waals surface area contributed by atoms with Gasteiger partial charge >= 0.3 is 6.03 Å². The zero-order chi connectivity index (χ0) is 26.0. The molecule has 8 nitrogen and oxygen atoms in total. The van der Waals surface area contributed by atoms with Gasteiger partial charge in [0.25, 0.3) is 5.91 Å². The van der Waals surface area contributed by atoms with Crippen LogP contribution in [0.2, 0.25) is 0 Å². The molecule has 3 aromatic carbocycles. The Morgan fingerprint density at radius 3 is 2.05 bits per heavy atom. The average molecular weight is 500 g/mol. The number of methoxy groups -OCH3 is 2. The molecule has 1 saturated heterocycles. The highest BCUT2D eigenvalue weighted by atomic mass is 16.5. The van der Waals surface area contributed by atoms with Gasteiger partial charge in [-0.3, -0.25) is 14.5 Å². The number of hydrogen-bond acceptors (Lipinski definition) is 5. The number of urea groups is 1. The summed E-state index contributed by atoms with van der Waals surface area (Å²) >= 11 is 0. The van der Waals surface area contributed by atoms with Crippen LogP contribution in [0.25, 0.3) is 0 Å². The van der Waals surface area contributed by atoms with Crippen molar-refractivity contribution in [2.45, 2.75) is 30.8 Å². The van der Waals surface area contributed by atoms with Crippen LogP contribution in [-0.2, 0) is 22.4 Å². The van der Waals surface area contributed by atoms with Crippen LogP contribution < -0.4 is 20.1 Å². The van der Waals surface area contributed by atoms with Crippen LogP contribution in [0.4, 0.5) is 4.79 Å². The normalized spacial score (nSPS) is 18.5. The summed E-state index contributed by atoms with van der Waals surface area (Å²) in [5.41, 5.74) is 2.89. The molecule has 190 valence electrons. The molecule has 0 bridgehead atoms. The number of ether oxygens (including phenoxy) is 2. The third-order valence-electron chi connectivity index (χ3n) is 7.18. The fourth-order valence-electron chi connectivity index (χ4n) is 5.15. The van der Waals surface area contributed by atoms with E-state index < -0.39 is 23.5 Å². The van der Waals surface area contributed by atoms with Crippen LogP contribution in [0.1, 0.15) is 34.7 Å². The topological polar surface area (TPSA) is 97.0 Å². The lowest BCUT2D eigenvalue weighted by Gasteiger charge is -2.32. The molecular weight excluding hydrogens is 470 g/mol. The summed E-state index contributed by atoms with van der Waals surface area (Å²) in [6.45, 7) is -0.364. The zero-order valence-electron chi connectivity index (χ0n) is 20.8. The maximum absolute atomic E-state index is 13.4. The van der Waals surface area contributed by atoms with Crippen LogP contribution >= 0.6 is 0 Å². The number of hydrogen-bond donors (Lipinski definition) is 2. The van der Waals surface area contributed by atoms with Crippen LogP contribution in [-0.4, -0.2) is 49.0 Å². The van der Waals surface area contributed by atoms with Gasteiger partial charge in [-0.1, -0.05) is 48.5 Å². The molecule has 1 fully saturated rings. The Balaban J connectivity index is 1.34. The second-order valence-electron chi connectivity index (χ2n) is 9.40. The Bertz CT molecular complexity index is 1270. The molecule has 4 amide bonds. The molecule has 1 unspecified atom stereocenters. The van der Waals surface area contributed by atoms with Gasteiger partial charge in [-0.15, -0.1) is 0 Å². The van der Waals surface area contributed by atoms with Gasteiger partial charge in [0.2, 0.25) is 5.91 Å². The van der Waals surface area contributed by atoms with Crippen molar-refractivity contribution < 1.29 is 23.9 Å². The summed E-state index contributed by atoms with van der Waals surface area (Å²) in [6.07, 6.45) is 1.62. The summed E-state index contributed by atoms with van der Waals surface area (Å²) in [5.74, 6) is 0.602. The third-order valence-corrected chi connectivity index (χ3v) is 7.18. The summed E-state index contributed by atoms with van der Waals surface area (Å²) in [7, 11) is 3.18. The molecule has 1 aliphatic heterocycles. The number of carbonyl (C=O) groups excluding carboxylic acids is 3. The lowest BCUT2D eigenvalue weighted by Crippen LogP contribution is -2.51. The Morgan fingerprint density at radius 1 is 0.919 bits per heavy atom. The lowest BCUT2D eigenvalue weighted by molar-refractivity contribution is -0.135. The number of carbonyl (C=O) groups is 3. The summed E-state index contributed by atoms with van der Waals surface area (Å²) < 4.78 is 10.5. The molecule has 1 spiro atoms. The monoisotopic (exact) mass is 499 g/mol. The quantitative estimate of drug-likeness (QED) is 0.486. The van der Waals surface area contributed by atoms with Crippen LogP contribution in [0.3, 0.4) is 0 Å². The van der Waals surface area contributed by atoms with E-state index in [2.05, 4.69) is 10.6 Å². The molecule has 2 N–H and O–H groups in total. The summed E-state index contributed by atoms with van der Waals surface area (Å²) in [6, 6.07) is 21.7. The van der Waals surface area contributed by atoms with Crippen LogP contribution in [0, 0.1) is 0 Å². The van der Waals surface area contributed by atoms with Crippen LogP contribution in [0.5, 0.6) is 11.5 Å². The van der Waals surface area contributed by atoms with Crippen molar-refractivity contribution in [3.05, 3.63) is 95.1 Å². The van der Waals surface area contributed by atoms with Crippen molar-refractivity contribution in [3.8, 4) is 11.5 Å². The molecule has 0 saturated carbocycles. The maximum Gasteiger partial charge on any atom is 0.325 e. The summed E-state index contributed by atoms with van der Waals surface area (Å²) in [4.78, 5) is 40.6. The minimum Gasteiger partial charge on any atom is -0.497 e. The number of nitrogens with zero attached hydrogens (tertiary/aromatic N) is 1. The van der Waals surface area contributed by atoms with Gasteiger partial charge < -0.3 is 20.1 Å². The van der Waals surface area contributed by atoms with E-state index in [-0.39, 0.29) is 12.5 Å². The largest absolute Gasteiger partial charge is 0.497 e. The molecule has 8 heteroatoms. The maximum atomic E-state index is 13.4. The minimum absolute atomic E-state index is 0.354. The predicted molar refractivity (Wildman–Crippen MR) is 137 cm³/mol. The predicted octanol–water partition coefficient (Wildman–Crippen LogP) is 3.39. The highest BCUT2D eigenvalue weighted by molar-refractivity contribution is 6.09. The number of amides is 4. The van der Waals surface area contributed by atoms with E-state index in [0.29, 0.717) is 30.8 Å². The number of nitrogens with one attached hydrogen (secondary N) is 2. The van der Waals surface area contributed by atoms with Crippen molar-refractivity contribution in [2.24, 2.45) is 0 Å². The van der Waals surface area contributed by atoms with Gasteiger partial charge in [-0.2, -0.15) is 0 Å². The lowest BCUT2D eigenvalue weighted by atomic mass is 9.78. The van der Waals surface area contributed by atoms with E-state index in [1.165, 1.54) is 5.56 Å². The number of fused-ring (bicyclic) bond motifs is 1. The highest BCUT2D eigenvalue weighted by Gasteiger charge is 2.52. The molecule has 0 radical (unpaired) electrons. The van der Waals surface area contributed by atoms with E-state index in [1.807, 2.05) is 72.8 Å². The molecule has 2 aliphatic rings. The van der Waals surface area contributed by atoms with Gasteiger partial charge in [-0.05, 0) is 59.4 Å². The molecule has 0 aromatic heterocycles. The van der Waals surface area contributed by atoms with Crippen LogP contribution in [0.15, 0.2) is 72.8 Å². The first-order chi connectivity index (χ1) is 17.9. The molecule has 1 aliphatic carbocycles. The van der Waals surface area contributed by atoms with E-state index in [0.717, 1.165) is 21.6 Å². The highest BCUT2D eigenvalue weighted by Crippen LogP contribution is 2.33. The Kier molecular flexibility index (Phi) is 6.56. The number of imide groups is 1. The van der Waals surface area contributed by atoms with E-state index >= 15 is 0 Å². The molecule has 1 heterocycles. The zero-order valence-corrected chi connectivity index (χ0v) is 20.8. The number of aryl methyl sites for hydroxylation is 1. The Hall–Kier alpha value is -4.33. The second kappa shape index (κ2) is 9.97. The van der Waals surface area contributed by atoms with Crippen molar-refractivity contribution in [2.75, 3.05) is 20.8 Å². The molecule has 5 rings (SSSR count). The van der Waals surface area contributed by atoms with Gasteiger partial charge in [0.05, 0.1) is 20.3 Å². The van der Waals surface area contributed by atoms with E-state index in [1.54, 1.807) is 14.2 Å². The fraction of sp³-hybridized carbons (Fsp3) is 0.276. The smallest absolute Gasteiger partial charge is 0.325 e. The van der Waals surface area contributed by atoms with E-state index in [9.17, 15) is 14.4 Å². The Labute approximate surface area is 215 Å². The standard InChI is InChI=1S/C29H29N3O5/c1-36-23-11-7-20(8-12-23)26(21-9-13-24(37-2)14-10-21)30-25(33)18-32-27(34)29(31-28(32)35)16-15-19-5-3-4-6-22(19)17-29/h3-14,26H,15-18H2,1-2H3,(H,30,33)(H,31,35). The first-order valence-corrected chi connectivity index (χ1v) is 12.2. The molecule has 3 aromatic rings. The minimum atomic E-state index is -1.00. The SMILES string of the molecule is COc1ccc(C(NC(=O)CN2C(=O)NC3(CCc4ccccc4C3)C2=O)c2ccc(OC)cc2)cc1. The summed E-state index contributed by atoms with van der Waals surface area (Å²) in [5, 5.41) is 5.89. The van der Waals surface area contributed by atoms with Gasteiger partial charge in [0.1, 0.15) is 23.6 Å². The average Bonchev–Trinajstić information content (AvgIpc) is 3.15. The molecular formula is C29H29N3O5. The van der Waals surface area contributed by atoms with Crippen molar-refractivity contribution in [3.63, 3.8) is 0 Å².